The monoisotopic (exact) mass is 518 g/mol. The van der Waals surface area contributed by atoms with Gasteiger partial charge in [0.05, 0.1) is 0 Å². The van der Waals surface area contributed by atoms with Gasteiger partial charge in [0.2, 0.25) is 11.8 Å². The van der Waals surface area contributed by atoms with Crippen LogP contribution in [0, 0.1) is 32.5 Å². The van der Waals surface area contributed by atoms with Crippen LogP contribution in [-0.2, 0) is 9.59 Å². The summed E-state index contributed by atoms with van der Waals surface area (Å²) in [7, 11) is 0. The molecule has 0 bridgehead atoms. The number of hydrogen-bond donors (Lipinski definition) is 0. The Bertz CT molecular complexity index is 1090. The summed E-state index contributed by atoms with van der Waals surface area (Å²) < 4.78 is 0. The Balaban J connectivity index is 1.91. The molecule has 0 aromatic rings. The number of nitrogens with zero attached hydrogens (tertiary/aromatic N) is 2. The van der Waals surface area contributed by atoms with Crippen LogP contribution in [0.5, 0.6) is 0 Å². The second kappa shape index (κ2) is 7.34. The fourth-order valence-electron chi connectivity index (χ4n) is 10.2. The minimum atomic E-state index is -0.429. The van der Waals surface area contributed by atoms with Gasteiger partial charge in [0.15, 0.2) is 0 Å². The fourth-order valence-corrected chi connectivity index (χ4v) is 10.2. The van der Waals surface area contributed by atoms with Crippen LogP contribution in [0.15, 0.2) is 44.6 Å². The van der Waals surface area contributed by atoms with Crippen molar-refractivity contribution in [3.8, 4) is 0 Å². The molecule has 0 unspecified atom stereocenters. The predicted octanol–water partition coefficient (Wildman–Crippen LogP) is 7.10. The highest BCUT2D eigenvalue weighted by Crippen LogP contribution is 2.79. The maximum absolute atomic E-state index is 13.9. The largest absolute Gasteiger partial charge is 0.340 e. The molecule has 2 heterocycles. The van der Waals surface area contributed by atoms with Gasteiger partial charge < -0.3 is 9.80 Å². The van der Waals surface area contributed by atoms with Crippen molar-refractivity contribution in [1.82, 2.24) is 9.80 Å². The van der Waals surface area contributed by atoms with Crippen LogP contribution in [0.3, 0.4) is 0 Å². The van der Waals surface area contributed by atoms with E-state index >= 15 is 0 Å². The predicted molar refractivity (Wildman–Crippen MR) is 155 cm³/mol. The lowest BCUT2D eigenvalue weighted by atomic mass is 9.36. The zero-order valence-electron chi connectivity index (χ0n) is 26.5. The number of rotatable bonds is 0. The zero-order valence-corrected chi connectivity index (χ0v) is 26.5. The summed E-state index contributed by atoms with van der Waals surface area (Å²) in [5, 5.41) is 0. The van der Waals surface area contributed by atoms with Gasteiger partial charge in [0.25, 0.3) is 0 Å². The molecule has 0 saturated carbocycles. The standard InChI is InChI=1S/C34H50N2O2/c1-19-20(2)32-16-36(28(38)30(12,13)14)18-34(32)25(7)23(5)33(24(6)26(34)8)17-35(27(37)29(9,10)11)15-31(19,33)21(3)22(32)4/h15-18H2,1-14H3. The third-order valence-electron chi connectivity index (χ3n) is 12.4. The third-order valence-corrected chi connectivity index (χ3v) is 12.4. The van der Waals surface area contributed by atoms with Crippen LogP contribution < -0.4 is 0 Å². The lowest BCUT2D eigenvalue weighted by Gasteiger charge is -2.65. The molecule has 2 saturated heterocycles. The van der Waals surface area contributed by atoms with Crippen LogP contribution in [0.25, 0.3) is 0 Å². The highest BCUT2D eigenvalue weighted by atomic mass is 16.2. The van der Waals surface area contributed by atoms with E-state index in [0.717, 1.165) is 26.2 Å². The van der Waals surface area contributed by atoms with Crippen LogP contribution in [0.2, 0.25) is 0 Å². The van der Waals surface area contributed by atoms with Gasteiger partial charge in [-0.15, -0.1) is 0 Å². The molecule has 0 aromatic heterocycles. The average molecular weight is 519 g/mol. The molecule has 0 atom stereocenters. The van der Waals surface area contributed by atoms with Crippen molar-refractivity contribution in [2.75, 3.05) is 26.2 Å². The molecule has 2 aliphatic heterocycles. The fraction of sp³-hybridized carbons (Fsp3) is 0.706. The van der Waals surface area contributed by atoms with E-state index in [-0.39, 0.29) is 33.5 Å². The van der Waals surface area contributed by atoms with Crippen molar-refractivity contribution >= 4 is 11.8 Å². The van der Waals surface area contributed by atoms with Crippen molar-refractivity contribution in [3.05, 3.63) is 44.6 Å². The molecule has 38 heavy (non-hydrogen) atoms. The third kappa shape index (κ3) is 2.55. The first-order valence-electron chi connectivity index (χ1n) is 14.5. The molecule has 0 radical (unpaired) electrons. The van der Waals surface area contributed by atoms with E-state index in [1.165, 1.54) is 44.6 Å². The Morgan fingerprint density at radius 1 is 0.447 bits per heavy atom. The highest BCUT2D eigenvalue weighted by Gasteiger charge is 2.75. The Labute approximate surface area is 231 Å². The second-order valence-corrected chi connectivity index (χ2v) is 15.4. The molecule has 2 amide bonds. The molecule has 4 heteroatoms. The van der Waals surface area contributed by atoms with Gasteiger partial charge in [-0.3, -0.25) is 9.59 Å². The summed E-state index contributed by atoms with van der Waals surface area (Å²) in [6.07, 6.45) is 0. The quantitative estimate of drug-likeness (QED) is 0.321. The van der Waals surface area contributed by atoms with Gasteiger partial charge in [0, 0.05) is 58.7 Å². The van der Waals surface area contributed by atoms with E-state index in [1.807, 2.05) is 41.5 Å². The number of likely N-dealkylation sites (tertiary alicyclic amines) is 2. The zero-order chi connectivity index (χ0) is 28.8. The molecule has 4 aliphatic rings. The first kappa shape index (κ1) is 27.5. The molecule has 208 valence electrons. The summed E-state index contributed by atoms with van der Waals surface area (Å²) in [5.41, 5.74) is 9.51. The first-order chi connectivity index (χ1) is 17.2. The van der Waals surface area contributed by atoms with Crippen LogP contribution in [0.4, 0.5) is 0 Å². The molecule has 2 fully saturated rings. The van der Waals surface area contributed by atoms with Gasteiger partial charge in [-0.1, -0.05) is 86.1 Å². The van der Waals surface area contributed by atoms with Gasteiger partial charge in [-0.2, -0.15) is 0 Å². The molecule has 0 N–H and O–H groups in total. The summed E-state index contributed by atoms with van der Waals surface area (Å²) in [6.45, 7) is 34.0. The van der Waals surface area contributed by atoms with Gasteiger partial charge >= 0.3 is 0 Å². The van der Waals surface area contributed by atoms with E-state index in [0.29, 0.717) is 0 Å². The summed E-state index contributed by atoms with van der Waals surface area (Å²) >= 11 is 0. The van der Waals surface area contributed by atoms with E-state index in [4.69, 9.17) is 0 Å². The number of hydrogen-bond acceptors (Lipinski definition) is 2. The smallest absolute Gasteiger partial charge is 0.228 e. The van der Waals surface area contributed by atoms with Gasteiger partial charge in [0.1, 0.15) is 0 Å². The Kier molecular flexibility index (Phi) is 5.31. The molecule has 0 aromatic carbocycles. The van der Waals surface area contributed by atoms with Crippen LogP contribution >= 0.6 is 0 Å². The van der Waals surface area contributed by atoms with E-state index in [2.05, 4.69) is 65.2 Å². The molecule has 4 spiro atoms. The summed E-state index contributed by atoms with van der Waals surface area (Å²) in [4.78, 5) is 32.2. The summed E-state index contributed by atoms with van der Waals surface area (Å²) in [5.74, 6) is 0.477. The van der Waals surface area contributed by atoms with E-state index < -0.39 is 10.8 Å². The van der Waals surface area contributed by atoms with E-state index in [9.17, 15) is 9.59 Å². The Morgan fingerprint density at radius 2 is 0.605 bits per heavy atom. The van der Waals surface area contributed by atoms with Crippen LogP contribution in [0.1, 0.15) is 96.9 Å². The number of carbonyl (C=O) groups excluding carboxylic acids is 2. The molecule has 2 aliphatic carbocycles. The lowest BCUT2D eigenvalue weighted by Crippen LogP contribution is -2.60. The molecule has 4 nitrogen and oxygen atoms in total. The topological polar surface area (TPSA) is 40.6 Å². The normalized spacial score (nSPS) is 36.9. The Hall–Kier alpha value is -2.10. The van der Waals surface area contributed by atoms with Gasteiger partial charge in [-0.25, -0.2) is 0 Å². The number of fused-ring (bicyclic) bond motifs is 2. The Morgan fingerprint density at radius 3 is 0.737 bits per heavy atom. The maximum Gasteiger partial charge on any atom is 0.228 e. The number of amides is 2. The summed E-state index contributed by atoms with van der Waals surface area (Å²) in [6, 6.07) is 0. The first-order valence-corrected chi connectivity index (χ1v) is 14.5. The SMILES string of the molecule is CC1=C(C)C23CN(C(=O)C(C)(C)C)CC24C(C)=C(C)C2(CN(C(=O)C(C)(C)C)CC12C(C)=C3C)C(C)=C4C. The molecule has 4 rings (SSSR count). The molecular weight excluding hydrogens is 468 g/mol. The minimum absolute atomic E-state index is 0.238. The second-order valence-electron chi connectivity index (χ2n) is 15.4. The maximum atomic E-state index is 13.9. The van der Waals surface area contributed by atoms with Crippen LogP contribution in [-0.4, -0.2) is 47.8 Å². The van der Waals surface area contributed by atoms with Crippen molar-refractivity contribution < 1.29 is 9.59 Å². The minimum Gasteiger partial charge on any atom is -0.340 e. The highest BCUT2D eigenvalue weighted by molar-refractivity contribution is 5.85. The van der Waals surface area contributed by atoms with E-state index in [1.54, 1.807) is 0 Å². The van der Waals surface area contributed by atoms with Gasteiger partial charge in [-0.05, 0) is 55.4 Å². The number of carbonyl (C=O) groups is 2. The molecular formula is C34H50N2O2. The van der Waals surface area contributed by atoms with Crippen molar-refractivity contribution in [3.63, 3.8) is 0 Å². The van der Waals surface area contributed by atoms with Crippen molar-refractivity contribution in [1.29, 1.82) is 0 Å². The lowest BCUT2D eigenvalue weighted by molar-refractivity contribution is -0.139. The van der Waals surface area contributed by atoms with Crippen molar-refractivity contribution in [2.45, 2.75) is 96.9 Å². The average Bonchev–Trinajstić information content (AvgIpc) is 3.37. The van der Waals surface area contributed by atoms with Crippen molar-refractivity contribution in [2.24, 2.45) is 32.5 Å².